The largest absolute Gasteiger partial charge is 0.492 e. The summed E-state index contributed by atoms with van der Waals surface area (Å²) in [7, 11) is -9.73. The predicted molar refractivity (Wildman–Crippen MR) is 106 cm³/mol. The van der Waals surface area contributed by atoms with Gasteiger partial charge in [0, 0.05) is 25.0 Å². The van der Waals surface area contributed by atoms with Gasteiger partial charge in [-0.15, -0.1) is 9.46 Å². The van der Waals surface area contributed by atoms with Gasteiger partial charge < -0.3 is 30.1 Å². The van der Waals surface area contributed by atoms with Crippen molar-refractivity contribution in [1.29, 1.82) is 0 Å². The fourth-order valence-electron chi connectivity index (χ4n) is 2.64. The number of carbonyl (C=O) groups is 2. The van der Waals surface area contributed by atoms with Crippen LogP contribution < -0.4 is 9.68 Å². The minimum absolute atomic E-state index is 0.126. The molecule has 2 aromatic heterocycles. The fourth-order valence-corrected chi connectivity index (χ4v) is 3.78. The normalized spacial score (nSPS) is 11.9. The van der Waals surface area contributed by atoms with Gasteiger partial charge in [0.2, 0.25) is 11.8 Å². The third kappa shape index (κ3) is 6.53. The Bertz CT molecular complexity index is 1190. The van der Waals surface area contributed by atoms with E-state index in [0.717, 1.165) is 0 Å². The first-order chi connectivity index (χ1) is 15.6. The minimum Gasteiger partial charge on any atom is -0.492 e. The van der Waals surface area contributed by atoms with Gasteiger partial charge >= 0.3 is 11.9 Å². The molecular weight excluding hydrogens is 508 g/mol. The fraction of sp³-hybridized carbons (Fsp3) is 0.375. The van der Waals surface area contributed by atoms with E-state index in [0.29, 0.717) is 25.0 Å². The van der Waals surface area contributed by atoms with Crippen LogP contribution in [-0.2, 0) is 29.8 Å². The van der Waals surface area contributed by atoms with Crippen molar-refractivity contribution in [2.24, 2.45) is 0 Å². The highest BCUT2D eigenvalue weighted by Gasteiger charge is 2.27. The lowest BCUT2D eigenvalue weighted by molar-refractivity contribution is -0.146. The molecule has 0 saturated heterocycles. The lowest BCUT2D eigenvalue weighted by Crippen LogP contribution is -2.19. The first-order valence-corrected chi connectivity index (χ1v) is 12.2. The van der Waals surface area contributed by atoms with Crippen molar-refractivity contribution in [3.8, 4) is 23.5 Å². The second kappa shape index (κ2) is 10.2. The van der Waals surface area contributed by atoms with Crippen LogP contribution >= 0.6 is 0 Å². The highest BCUT2D eigenvalue weighted by atomic mass is 32.2. The van der Waals surface area contributed by atoms with Gasteiger partial charge in [-0.2, -0.15) is 16.8 Å². The molecule has 16 nitrogen and oxygen atoms in total. The van der Waals surface area contributed by atoms with Crippen LogP contribution in [0.15, 0.2) is 21.9 Å². The highest BCUT2D eigenvalue weighted by molar-refractivity contribution is 7.86. The summed E-state index contributed by atoms with van der Waals surface area (Å²) in [6.07, 6.45) is 0.834. The molecule has 0 amide bonds. The first-order valence-electron chi connectivity index (χ1n) is 9.27. The standard InChI is InChI=1S/C16H20N2O14S2/c19-11-7-9(33(25,26)27)15(23)17(11)31-13(21)5-3-1-2-4-6-14(22)32-18-12(20)8-10(16(18)24)34(28,29)30/h7-8,19-20,23-24H,1-6H2,(H,25,26,27)(H,28,29,30). The zero-order valence-corrected chi connectivity index (χ0v) is 18.7. The first kappa shape index (κ1) is 26.8. The molecule has 0 bridgehead atoms. The third-order valence-corrected chi connectivity index (χ3v) is 5.93. The van der Waals surface area contributed by atoms with E-state index in [1.165, 1.54) is 0 Å². The predicted octanol–water partition coefficient (Wildman–Crippen LogP) is -0.443. The average molecular weight is 528 g/mol. The van der Waals surface area contributed by atoms with Crippen LogP contribution in [0, 0.1) is 0 Å². The molecule has 0 unspecified atom stereocenters. The number of hydrogen-bond donors (Lipinski definition) is 6. The molecule has 6 N–H and O–H groups in total. The van der Waals surface area contributed by atoms with Crippen LogP contribution in [0.1, 0.15) is 38.5 Å². The zero-order chi connectivity index (χ0) is 25.8. The van der Waals surface area contributed by atoms with E-state index >= 15 is 0 Å². The lowest BCUT2D eigenvalue weighted by atomic mass is 10.1. The number of unbranched alkanes of at least 4 members (excludes halogenated alkanes) is 3. The maximum absolute atomic E-state index is 11.8. The van der Waals surface area contributed by atoms with Crippen molar-refractivity contribution in [2.45, 2.75) is 48.3 Å². The molecule has 0 radical (unpaired) electrons. The van der Waals surface area contributed by atoms with Crippen molar-refractivity contribution in [3.63, 3.8) is 0 Å². The van der Waals surface area contributed by atoms with E-state index in [-0.39, 0.29) is 35.1 Å². The maximum atomic E-state index is 11.8. The molecule has 0 aliphatic heterocycles. The summed E-state index contributed by atoms with van der Waals surface area (Å²) in [4.78, 5) is 30.7. The molecule has 0 fully saturated rings. The van der Waals surface area contributed by atoms with Crippen LogP contribution in [0.3, 0.4) is 0 Å². The second-order valence-corrected chi connectivity index (χ2v) is 9.54. The van der Waals surface area contributed by atoms with Crippen LogP contribution in [0.25, 0.3) is 0 Å². The van der Waals surface area contributed by atoms with Crippen LogP contribution in [0.5, 0.6) is 23.5 Å². The Morgan fingerprint density at radius 3 is 1.26 bits per heavy atom. The molecule has 0 atom stereocenters. The number of aromatic nitrogens is 2. The van der Waals surface area contributed by atoms with E-state index in [1.54, 1.807) is 0 Å². The molecule has 2 aromatic rings. The van der Waals surface area contributed by atoms with Gasteiger partial charge in [0.25, 0.3) is 32.0 Å². The van der Waals surface area contributed by atoms with Gasteiger partial charge in [0.1, 0.15) is 0 Å². The lowest BCUT2D eigenvalue weighted by Gasteiger charge is -2.08. The van der Waals surface area contributed by atoms with Gasteiger partial charge in [-0.25, -0.2) is 9.59 Å². The summed E-state index contributed by atoms with van der Waals surface area (Å²) in [6, 6.07) is 0.960. The van der Waals surface area contributed by atoms with Crippen LogP contribution in [-0.4, -0.2) is 67.8 Å². The molecule has 190 valence electrons. The van der Waals surface area contributed by atoms with Crippen LogP contribution in [0.2, 0.25) is 0 Å². The van der Waals surface area contributed by atoms with Crippen LogP contribution in [0.4, 0.5) is 0 Å². The monoisotopic (exact) mass is 528 g/mol. The van der Waals surface area contributed by atoms with Crippen molar-refractivity contribution in [3.05, 3.63) is 12.1 Å². The number of rotatable bonds is 11. The van der Waals surface area contributed by atoms with E-state index in [9.17, 15) is 46.9 Å². The van der Waals surface area contributed by atoms with Gasteiger partial charge in [-0.3, -0.25) is 9.11 Å². The smallest absolute Gasteiger partial charge is 0.333 e. The minimum atomic E-state index is -4.86. The van der Waals surface area contributed by atoms with E-state index < -0.39 is 65.5 Å². The molecule has 0 aliphatic rings. The Kier molecular flexibility index (Phi) is 8.03. The summed E-state index contributed by atoms with van der Waals surface area (Å²) < 4.78 is 62.2. The Morgan fingerprint density at radius 2 is 1.00 bits per heavy atom. The number of aromatic hydroxyl groups is 4. The maximum Gasteiger partial charge on any atom is 0.333 e. The Labute approximate surface area is 191 Å². The SMILES string of the molecule is O=C(CCCCCCC(=O)On1c(O)cc(S(=O)(=O)O)c1O)On1c(O)cc(S(=O)(=O)O)c1O. The molecule has 2 rings (SSSR count). The number of carbonyl (C=O) groups excluding carboxylic acids is 2. The van der Waals surface area contributed by atoms with Crippen molar-refractivity contribution in [1.82, 2.24) is 9.46 Å². The molecular formula is C16H20N2O14S2. The molecule has 34 heavy (non-hydrogen) atoms. The third-order valence-electron chi connectivity index (χ3n) is 4.22. The Hall–Kier alpha value is -3.48. The van der Waals surface area contributed by atoms with Crippen molar-refractivity contribution >= 4 is 32.2 Å². The molecule has 18 heteroatoms. The zero-order valence-electron chi connectivity index (χ0n) is 17.1. The molecule has 0 aromatic carbocycles. The van der Waals surface area contributed by atoms with Gasteiger partial charge in [-0.1, -0.05) is 12.8 Å². The van der Waals surface area contributed by atoms with Gasteiger partial charge in [-0.05, 0) is 12.8 Å². The van der Waals surface area contributed by atoms with Crippen molar-refractivity contribution < 1.29 is 65.6 Å². The Morgan fingerprint density at radius 1 is 0.676 bits per heavy atom. The summed E-state index contributed by atoms with van der Waals surface area (Å²) in [5, 5.41) is 38.3. The van der Waals surface area contributed by atoms with Crippen molar-refractivity contribution in [2.75, 3.05) is 0 Å². The summed E-state index contributed by atoms with van der Waals surface area (Å²) in [6.45, 7) is 0. The summed E-state index contributed by atoms with van der Waals surface area (Å²) in [5.41, 5.74) is 0. The quantitative estimate of drug-likeness (QED) is 0.160. The molecule has 2 heterocycles. The number of hydrogen-bond acceptors (Lipinski definition) is 12. The molecule has 0 saturated carbocycles. The second-order valence-electron chi connectivity index (χ2n) is 6.76. The summed E-state index contributed by atoms with van der Waals surface area (Å²) in [5.74, 6) is -6.18. The Balaban J connectivity index is 1.75. The van der Waals surface area contributed by atoms with E-state index in [4.69, 9.17) is 9.11 Å². The highest BCUT2D eigenvalue weighted by Crippen LogP contribution is 2.31. The molecule has 0 spiro atoms. The van der Waals surface area contributed by atoms with Gasteiger partial charge in [0.15, 0.2) is 9.79 Å². The topological polar surface area (TPSA) is 252 Å². The van der Waals surface area contributed by atoms with Gasteiger partial charge in [0.05, 0.1) is 0 Å². The van der Waals surface area contributed by atoms with E-state index in [2.05, 4.69) is 9.68 Å². The average Bonchev–Trinajstić information content (AvgIpc) is 3.15. The number of nitrogens with zero attached hydrogens (tertiary/aromatic N) is 2. The van der Waals surface area contributed by atoms with E-state index in [1.807, 2.05) is 0 Å². The molecule has 0 aliphatic carbocycles. The summed E-state index contributed by atoms with van der Waals surface area (Å²) >= 11 is 0.